The number of fused-ring (bicyclic) bond motifs is 3. The molecule has 5 rings (SSSR count). The van der Waals surface area contributed by atoms with E-state index in [0.717, 1.165) is 61.2 Å². The number of nitrogens with one attached hydrogen (secondary N) is 1. The van der Waals surface area contributed by atoms with Gasteiger partial charge in [-0.1, -0.05) is 56.7 Å². The zero-order valence-electron chi connectivity index (χ0n) is 19.2. The molecule has 1 saturated carbocycles. The molecule has 170 valence electrons. The third-order valence-corrected chi connectivity index (χ3v) is 7.31. The minimum Gasteiger partial charge on any atom is -0.490 e. The highest BCUT2D eigenvalue weighted by Crippen LogP contribution is 2.39. The minimum absolute atomic E-state index is 0.127. The summed E-state index contributed by atoms with van der Waals surface area (Å²) in [6, 6.07) is 8.81. The van der Waals surface area contributed by atoms with Crippen LogP contribution in [0.4, 0.5) is 0 Å². The third-order valence-electron chi connectivity index (χ3n) is 7.06. The van der Waals surface area contributed by atoms with Crippen LogP contribution >= 0.6 is 11.6 Å². The van der Waals surface area contributed by atoms with Crippen molar-refractivity contribution >= 4 is 11.6 Å². The first-order chi connectivity index (χ1) is 15.4. The van der Waals surface area contributed by atoms with Gasteiger partial charge in [-0.2, -0.15) is 0 Å². The Balaban J connectivity index is 1.28. The molecule has 3 aliphatic rings. The Morgan fingerprint density at radius 1 is 1.12 bits per heavy atom. The monoisotopic (exact) mass is 452 g/mol. The lowest BCUT2D eigenvalue weighted by Crippen LogP contribution is -2.28. The lowest BCUT2D eigenvalue weighted by Gasteiger charge is -2.31. The summed E-state index contributed by atoms with van der Waals surface area (Å²) in [6.45, 7) is 8.38. The van der Waals surface area contributed by atoms with Gasteiger partial charge in [0.25, 0.3) is 0 Å². The molecular formula is C26H33ClN4O. The molecule has 0 saturated heterocycles. The standard InChI is InChI=1S/C26H33ClN4O/c1-26(2,3)19-5-4-6-22(14-19)32-21-10-7-17(8-11-21)25-30-29-24-16-28-15-18-13-20(27)9-12-23(18)31(24)25/h4-6,9,12-14,17-18,21,23,28H,7-8,10-11,15-16H2,1-3H3. The predicted octanol–water partition coefficient (Wildman–Crippen LogP) is 5.63. The number of rotatable bonds is 3. The Labute approximate surface area is 195 Å². The molecule has 32 heavy (non-hydrogen) atoms. The van der Waals surface area contributed by atoms with E-state index in [1.54, 1.807) is 0 Å². The summed E-state index contributed by atoms with van der Waals surface area (Å²) < 4.78 is 8.78. The van der Waals surface area contributed by atoms with E-state index in [2.05, 4.69) is 77.3 Å². The van der Waals surface area contributed by atoms with Gasteiger partial charge in [-0.05, 0) is 54.9 Å². The zero-order chi connectivity index (χ0) is 22.3. The first-order valence-corrected chi connectivity index (χ1v) is 12.2. The minimum atomic E-state index is 0.127. The molecule has 0 amide bonds. The van der Waals surface area contributed by atoms with Crippen molar-refractivity contribution in [3.05, 3.63) is 64.7 Å². The second kappa shape index (κ2) is 8.68. The Morgan fingerprint density at radius 2 is 1.94 bits per heavy atom. The summed E-state index contributed by atoms with van der Waals surface area (Å²) in [6.07, 6.45) is 10.9. The summed E-state index contributed by atoms with van der Waals surface area (Å²) in [7, 11) is 0. The van der Waals surface area contributed by atoms with Crippen LogP contribution in [0.1, 0.15) is 75.6 Å². The largest absolute Gasteiger partial charge is 0.490 e. The summed E-state index contributed by atoms with van der Waals surface area (Å²) in [5, 5.41) is 13.5. The number of halogens is 1. The van der Waals surface area contributed by atoms with Gasteiger partial charge in [0.05, 0.1) is 18.7 Å². The number of allylic oxidation sites excluding steroid dienone is 3. The lowest BCUT2D eigenvalue weighted by atomic mass is 9.85. The van der Waals surface area contributed by atoms with E-state index in [1.165, 1.54) is 5.56 Å². The van der Waals surface area contributed by atoms with Crippen molar-refractivity contribution in [2.75, 3.05) is 6.54 Å². The molecule has 1 N–H and O–H groups in total. The molecule has 0 spiro atoms. The number of benzene rings is 1. The maximum absolute atomic E-state index is 6.40. The number of nitrogens with zero attached hydrogens (tertiary/aromatic N) is 3. The fourth-order valence-electron chi connectivity index (χ4n) is 5.23. The SMILES string of the molecule is CC(C)(C)c1cccc(OC2CCC(c3nnc4n3C3C=CC(Cl)=CC3CNC4)CC2)c1. The summed E-state index contributed by atoms with van der Waals surface area (Å²) >= 11 is 6.29. The van der Waals surface area contributed by atoms with Crippen LogP contribution in [0, 0.1) is 5.92 Å². The fraction of sp³-hybridized carbons (Fsp3) is 0.538. The molecule has 2 aliphatic carbocycles. The van der Waals surface area contributed by atoms with E-state index >= 15 is 0 Å². The zero-order valence-corrected chi connectivity index (χ0v) is 20.0. The number of hydrogen-bond donors (Lipinski definition) is 1. The fourth-order valence-corrected chi connectivity index (χ4v) is 5.46. The molecule has 0 radical (unpaired) electrons. The summed E-state index contributed by atoms with van der Waals surface area (Å²) in [5.74, 6) is 3.90. The summed E-state index contributed by atoms with van der Waals surface area (Å²) in [5.41, 5.74) is 1.44. The number of hydrogen-bond acceptors (Lipinski definition) is 4. The van der Waals surface area contributed by atoms with Gasteiger partial charge in [0.2, 0.25) is 0 Å². The topological polar surface area (TPSA) is 52.0 Å². The molecule has 1 aliphatic heterocycles. The second-order valence-corrected chi connectivity index (χ2v) is 10.8. The van der Waals surface area contributed by atoms with E-state index in [9.17, 15) is 0 Å². The smallest absolute Gasteiger partial charge is 0.147 e. The van der Waals surface area contributed by atoms with Crippen molar-refractivity contribution in [1.29, 1.82) is 0 Å². The van der Waals surface area contributed by atoms with Crippen molar-refractivity contribution in [1.82, 2.24) is 20.1 Å². The number of aromatic nitrogens is 3. The molecule has 2 heterocycles. The highest BCUT2D eigenvalue weighted by molar-refractivity contribution is 6.31. The van der Waals surface area contributed by atoms with Crippen molar-refractivity contribution in [2.45, 2.75) is 76.5 Å². The Hall–Kier alpha value is -2.11. The Morgan fingerprint density at radius 3 is 2.72 bits per heavy atom. The first kappa shape index (κ1) is 21.7. The van der Waals surface area contributed by atoms with E-state index < -0.39 is 0 Å². The van der Waals surface area contributed by atoms with E-state index in [0.29, 0.717) is 11.8 Å². The molecule has 1 aromatic heterocycles. The molecule has 0 bridgehead atoms. The van der Waals surface area contributed by atoms with Crippen LogP contribution in [0.15, 0.2) is 47.5 Å². The Kier molecular flexibility index (Phi) is 5.89. The van der Waals surface area contributed by atoms with Gasteiger partial charge >= 0.3 is 0 Å². The molecule has 6 heteroatoms. The van der Waals surface area contributed by atoms with Gasteiger partial charge in [0, 0.05) is 23.4 Å². The van der Waals surface area contributed by atoms with Gasteiger partial charge in [0.1, 0.15) is 17.4 Å². The molecule has 1 aromatic carbocycles. The highest BCUT2D eigenvalue weighted by Gasteiger charge is 2.34. The second-order valence-electron chi connectivity index (χ2n) is 10.4. The van der Waals surface area contributed by atoms with Gasteiger partial charge in [-0.15, -0.1) is 10.2 Å². The molecule has 5 nitrogen and oxygen atoms in total. The van der Waals surface area contributed by atoms with Crippen molar-refractivity contribution in [3.8, 4) is 5.75 Å². The van der Waals surface area contributed by atoms with E-state index in [-0.39, 0.29) is 17.6 Å². The average molecular weight is 453 g/mol. The van der Waals surface area contributed by atoms with Gasteiger partial charge < -0.3 is 14.6 Å². The number of ether oxygens (including phenoxy) is 1. The molecule has 2 unspecified atom stereocenters. The van der Waals surface area contributed by atoms with Gasteiger partial charge in [0.15, 0.2) is 0 Å². The van der Waals surface area contributed by atoms with Crippen LogP contribution in [-0.4, -0.2) is 27.4 Å². The van der Waals surface area contributed by atoms with Gasteiger partial charge in [-0.3, -0.25) is 0 Å². The van der Waals surface area contributed by atoms with E-state index in [4.69, 9.17) is 16.3 Å². The molecule has 2 aromatic rings. The normalized spacial score (nSPS) is 27.8. The summed E-state index contributed by atoms with van der Waals surface area (Å²) in [4.78, 5) is 0. The lowest BCUT2D eigenvalue weighted by molar-refractivity contribution is 0.143. The van der Waals surface area contributed by atoms with E-state index in [1.807, 2.05) is 6.08 Å². The maximum Gasteiger partial charge on any atom is 0.147 e. The van der Waals surface area contributed by atoms with Gasteiger partial charge in [-0.25, -0.2) is 0 Å². The highest BCUT2D eigenvalue weighted by atomic mass is 35.5. The van der Waals surface area contributed by atoms with Crippen molar-refractivity contribution in [3.63, 3.8) is 0 Å². The maximum atomic E-state index is 6.40. The van der Waals surface area contributed by atoms with Crippen LogP contribution in [0.25, 0.3) is 0 Å². The van der Waals surface area contributed by atoms with Crippen LogP contribution < -0.4 is 10.1 Å². The molecule has 1 fully saturated rings. The quantitative estimate of drug-likeness (QED) is 0.655. The third kappa shape index (κ3) is 4.38. The Bertz CT molecular complexity index is 1030. The van der Waals surface area contributed by atoms with Crippen LogP contribution in [0.2, 0.25) is 0 Å². The van der Waals surface area contributed by atoms with Crippen molar-refractivity contribution in [2.24, 2.45) is 5.92 Å². The average Bonchev–Trinajstić information content (AvgIpc) is 3.09. The van der Waals surface area contributed by atoms with Crippen LogP contribution in [0.5, 0.6) is 5.75 Å². The van der Waals surface area contributed by atoms with Crippen LogP contribution in [0.3, 0.4) is 0 Å². The molecular weight excluding hydrogens is 420 g/mol. The van der Waals surface area contributed by atoms with Crippen molar-refractivity contribution < 1.29 is 4.74 Å². The predicted molar refractivity (Wildman–Crippen MR) is 128 cm³/mol. The first-order valence-electron chi connectivity index (χ1n) is 11.9. The van der Waals surface area contributed by atoms with Crippen LogP contribution in [-0.2, 0) is 12.0 Å². The molecule has 2 atom stereocenters.